The fraction of sp³-hybridized carbons (Fsp3) is 0.176. The summed E-state index contributed by atoms with van der Waals surface area (Å²) in [6.45, 7) is 1.76. The molecule has 2 aromatic carbocycles. The van der Waals surface area contributed by atoms with E-state index in [0.717, 1.165) is 25.1 Å². The summed E-state index contributed by atoms with van der Waals surface area (Å²) in [7, 11) is 0. The zero-order valence-electron chi connectivity index (χ0n) is 11.4. The number of imide groups is 1. The lowest BCUT2D eigenvalue weighted by molar-refractivity contribution is 0.0926. The maximum Gasteiger partial charge on any atom is 0.266 e. The van der Waals surface area contributed by atoms with Gasteiger partial charge in [-0.1, -0.05) is 18.2 Å². The van der Waals surface area contributed by atoms with Crippen LogP contribution in [0.3, 0.4) is 0 Å². The minimum Gasteiger partial charge on any atom is -0.312 e. The van der Waals surface area contributed by atoms with E-state index in [4.69, 9.17) is 0 Å². The van der Waals surface area contributed by atoms with Gasteiger partial charge in [0.15, 0.2) is 0 Å². The molecule has 0 radical (unpaired) electrons. The van der Waals surface area contributed by atoms with Gasteiger partial charge in [-0.3, -0.25) is 9.59 Å². The summed E-state index contributed by atoms with van der Waals surface area (Å²) >= 11 is 0. The lowest BCUT2D eigenvalue weighted by atomic mass is 10.0. The third kappa shape index (κ3) is 1.80. The molecule has 2 aliphatic heterocycles. The number of rotatable bonds is 1. The smallest absolute Gasteiger partial charge is 0.266 e. The Labute approximate surface area is 122 Å². The van der Waals surface area contributed by atoms with Crippen LogP contribution in [0, 0.1) is 0 Å². The highest BCUT2D eigenvalue weighted by molar-refractivity contribution is 6.34. The van der Waals surface area contributed by atoms with Crippen LogP contribution in [0.5, 0.6) is 0 Å². The number of carbonyl (C=O) groups excluding carboxylic acids is 2. The van der Waals surface area contributed by atoms with Crippen LogP contribution in [0.1, 0.15) is 31.8 Å². The second-order valence-corrected chi connectivity index (χ2v) is 5.37. The van der Waals surface area contributed by atoms with Gasteiger partial charge in [-0.2, -0.15) is 0 Å². The summed E-state index contributed by atoms with van der Waals surface area (Å²) in [5.74, 6) is -0.473. The Hall–Kier alpha value is -2.46. The lowest BCUT2D eigenvalue weighted by Gasteiger charge is -2.20. The number of fused-ring (bicyclic) bond motifs is 2. The van der Waals surface area contributed by atoms with E-state index in [2.05, 4.69) is 5.32 Å². The van der Waals surface area contributed by atoms with Crippen molar-refractivity contribution in [2.24, 2.45) is 0 Å². The van der Waals surface area contributed by atoms with Crippen molar-refractivity contribution < 1.29 is 9.59 Å². The van der Waals surface area contributed by atoms with E-state index in [9.17, 15) is 9.59 Å². The van der Waals surface area contributed by atoms with Gasteiger partial charge in [-0.25, -0.2) is 4.90 Å². The Bertz CT molecular complexity index is 732. The maximum absolute atomic E-state index is 12.5. The lowest BCUT2D eigenvalue weighted by Crippen LogP contribution is -2.30. The molecule has 4 heteroatoms. The summed E-state index contributed by atoms with van der Waals surface area (Å²) in [6.07, 6.45) is 0.984. The summed E-state index contributed by atoms with van der Waals surface area (Å²) in [4.78, 5) is 26.2. The Morgan fingerprint density at radius 3 is 2.33 bits per heavy atom. The van der Waals surface area contributed by atoms with E-state index in [1.807, 2.05) is 18.2 Å². The zero-order chi connectivity index (χ0) is 14.4. The average Bonchev–Trinajstić information content (AvgIpc) is 2.79. The first-order valence-electron chi connectivity index (χ1n) is 7.06. The van der Waals surface area contributed by atoms with Gasteiger partial charge in [0.25, 0.3) is 11.8 Å². The normalized spacial score (nSPS) is 16.9. The van der Waals surface area contributed by atoms with Crippen molar-refractivity contribution in [2.75, 3.05) is 11.4 Å². The molecule has 0 saturated heterocycles. The first kappa shape index (κ1) is 12.3. The highest BCUT2D eigenvalue weighted by atomic mass is 16.2. The number of carbonyl (C=O) groups is 2. The van der Waals surface area contributed by atoms with Gasteiger partial charge in [0.05, 0.1) is 16.8 Å². The van der Waals surface area contributed by atoms with Gasteiger partial charge in [-0.15, -0.1) is 0 Å². The van der Waals surface area contributed by atoms with Gasteiger partial charge in [0.2, 0.25) is 0 Å². The molecule has 104 valence electrons. The first-order chi connectivity index (χ1) is 10.3. The summed E-state index contributed by atoms with van der Waals surface area (Å²) in [6, 6.07) is 12.8. The Morgan fingerprint density at radius 2 is 1.62 bits per heavy atom. The van der Waals surface area contributed by atoms with Crippen LogP contribution in [0.25, 0.3) is 0 Å². The van der Waals surface area contributed by atoms with E-state index in [-0.39, 0.29) is 11.8 Å². The van der Waals surface area contributed by atoms with Crippen LogP contribution in [-0.4, -0.2) is 18.4 Å². The van der Waals surface area contributed by atoms with E-state index in [1.54, 1.807) is 24.3 Å². The average molecular weight is 278 g/mol. The van der Waals surface area contributed by atoms with Gasteiger partial charge in [0, 0.05) is 6.54 Å². The minimum absolute atomic E-state index is 0.237. The Kier molecular flexibility index (Phi) is 2.65. The molecule has 0 atom stereocenters. The molecular formula is C17H14N2O2. The molecule has 1 N–H and O–H groups in total. The summed E-state index contributed by atoms with van der Waals surface area (Å²) < 4.78 is 0. The van der Waals surface area contributed by atoms with Crippen molar-refractivity contribution in [3.8, 4) is 0 Å². The maximum atomic E-state index is 12.5. The monoisotopic (exact) mass is 278 g/mol. The zero-order valence-corrected chi connectivity index (χ0v) is 11.4. The number of amides is 2. The molecule has 2 heterocycles. The van der Waals surface area contributed by atoms with Crippen LogP contribution in [0.4, 0.5) is 5.69 Å². The van der Waals surface area contributed by atoms with Gasteiger partial charge < -0.3 is 5.32 Å². The van der Waals surface area contributed by atoms with Crippen molar-refractivity contribution in [2.45, 2.75) is 13.0 Å². The largest absolute Gasteiger partial charge is 0.312 e. The number of nitrogens with one attached hydrogen (secondary N) is 1. The molecule has 0 aromatic heterocycles. The summed E-state index contributed by atoms with van der Waals surface area (Å²) in [5.41, 5.74) is 4.07. The van der Waals surface area contributed by atoms with Crippen molar-refractivity contribution >= 4 is 17.5 Å². The highest BCUT2D eigenvalue weighted by Gasteiger charge is 2.36. The molecule has 0 saturated carbocycles. The number of benzene rings is 2. The standard InChI is InChI=1S/C17H14N2O2/c20-16-14-3-1-2-4-15(14)17(21)19(16)13-6-5-11-7-8-18-10-12(11)9-13/h1-6,9,18H,7-8,10H2. The quantitative estimate of drug-likeness (QED) is 0.813. The van der Waals surface area contributed by atoms with Crippen LogP contribution in [-0.2, 0) is 13.0 Å². The van der Waals surface area contributed by atoms with Crippen molar-refractivity contribution in [1.82, 2.24) is 5.32 Å². The molecule has 2 amide bonds. The molecule has 2 aliphatic rings. The molecule has 0 aliphatic carbocycles. The molecule has 21 heavy (non-hydrogen) atoms. The van der Waals surface area contributed by atoms with E-state index in [1.165, 1.54) is 10.5 Å². The van der Waals surface area contributed by atoms with Gasteiger partial charge in [0.1, 0.15) is 0 Å². The van der Waals surface area contributed by atoms with Crippen molar-refractivity contribution in [1.29, 1.82) is 0 Å². The predicted octanol–water partition coefficient (Wildman–Crippen LogP) is 2.13. The van der Waals surface area contributed by atoms with E-state index < -0.39 is 0 Å². The summed E-state index contributed by atoms with van der Waals surface area (Å²) in [5, 5.41) is 3.31. The van der Waals surface area contributed by atoms with Crippen LogP contribution in [0.15, 0.2) is 42.5 Å². The van der Waals surface area contributed by atoms with Crippen LogP contribution >= 0.6 is 0 Å². The molecule has 0 unspecified atom stereocenters. The fourth-order valence-electron chi connectivity index (χ4n) is 3.03. The fourth-order valence-corrected chi connectivity index (χ4v) is 3.03. The molecule has 0 spiro atoms. The van der Waals surface area contributed by atoms with Gasteiger partial charge in [-0.05, 0) is 48.4 Å². The predicted molar refractivity (Wildman–Crippen MR) is 79.4 cm³/mol. The molecule has 2 aromatic rings. The second-order valence-electron chi connectivity index (χ2n) is 5.37. The van der Waals surface area contributed by atoms with Crippen molar-refractivity contribution in [3.63, 3.8) is 0 Å². The Balaban J connectivity index is 1.78. The van der Waals surface area contributed by atoms with E-state index >= 15 is 0 Å². The van der Waals surface area contributed by atoms with Crippen LogP contribution in [0.2, 0.25) is 0 Å². The SMILES string of the molecule is O=C1c2ccccc2C(=O)N1c1ccc2c(c1)CNCC2. The molecular weight excluding hydrogens is 264 g/mol. The van der Waals surface area contributed by atoms with Crippen LogP contribution < -0.4 is 10.2 Å². The third-order valence-electron chi connectivity index (χ3n) is 4.13. The van der Waals surface area contributed by atoms with E-state index in [0.29, 0.717) is 16.8 Å². The minimum atomic E-state index is -0.237. The first-order valence-corrected chi connectivity index (χ1v) is 7.06. The molecule has 0 bridgehead atoms. The third-order valence-corrected chi connectivity index (χ3v) is 4.13. The molecule has 0 fully saturated rings. The molecule has 4 rings (SSSR count). The Morgan fingerprint density at radius 1 is 0.905 bits per heavy atom. The second kappa shape index (κ2) is 4.53. The topological polar surface area (TPSA) is 49.4 Å². The number of anilines is 1. The number of hydrogen-bond acceptors (Lipinski definition) is 3. The molecule has 4 nitrogen and oxygen atoms in total. The van der Waals surface area contributed by atoms with Crippen molar-refractivity contribution in [3.05, 3.63) is 64.7 Å². The number of nitrogens with zero attached hydrogens (tertiary/aromatic N) is 1. The highest BCUT2D eigenvalue weighted by Crippen LogP contribution is 2.30. The van der Waals surface area contributed by atoms with Gasteiger partial charge >= 0.3 is 0 Å². The number of hydrogen-bond donors (Lipinski definition) is 1.